The highest BCUT2D eigenvalue weighted by Crippen LogP contribution is 2.29. The van der Waals surface area contributed by atoms with Crippen molar-refractivity contribution in [3.63, 3.8) is 0 Å². The average molecular weight is 288 g/mol. The molecule has 2 saturated carbocycles. The number of hydrogen-bond acceptors (Lipinski definition) is 3. The molecule has 3 heteroatoms. The Kier molecular flexibility index (Phi) is 5.15. The highest BCUT2D eigenvalue weighted by molar-refractivity contribution is 5.28. The monoisotopic (exact) mass is 288 g/mol. The van der Waals surface area contributed by atoms with Crippen molar-refractivity contribution in [2.75, 3.05) is 26.2 Å². The van der Waals surface area contributed by atoms with Crippen LogP contribution in [0, 0.1) is 5.92 Å². The molecule has 2 fully saturated rings. The SMILES string of the molecule is CCN(CCOc1cccc(CNC2CC2)c1)CC1CC1. The molecule has 3 rings (SSSR count). The number of hydrogen-bond donors (Lipinski definition) is 1. The Morgan fingerprint density at radius 3 is 2.81 bits per heavy atom. The van der Waals surface area contributed by atoms with Crippen LogP contribution in [0.5, 0.6) is 5.75 Å². The largest absolute Gasteiger partial charge is 0.492 e. The fourth-order valence-corrected chi connectivity index (χ4v) is 2.63. The Morgan fingerprint density at radius 2 is 2.10 bits per heavy atom. The fraction of sp³-hybridized carbons (Fsp3) is 0.667. The van der Waals surface area contributed by atoms with Gasteiger partial charge in [0.2, 0.25) is 0 Å². The molecule has 0 atom stereocenters. The van der Waals surface area contributed by atoms with Crippen molar-refractivity contribution in [2.24, 2.45) is 5.92 Å². The smallest absolute Gasteiger partial charge is 0.119 e. The summed E-state index contributed by atoms with van der Waals surface area (Å²) in [5.74, 6) is 1.97. The molecule has 1 aromatic rings. The van der Waals surface area contributed by atoms with Crippen LogP contribution in [-0.4, -0.2) is 37.2 Å². The van der Waals surface area contributed by atoms with E-state index in [4.69, 9.17) is 4.74 Å². The summed E-state index contributed by atoms with van der Waals surface area (Å²) in [7, 11) is 0. The first-order valence-electron chi connectivity index (χ1n) is 8.51. The molecule has 3 nitrogen and oxygen atoms in total. The van der Waals surface area contributed by atoms with Gasteiger partial charge in [0.15, 0.2) is 0 Å². The minimum Gasteiger partial charge on any atom is -0.492 e. The second-order valence-corrected chi connectivity index (χ2v) is 6.49. The van der Waals surface area contributed by atoms with Crippen LogP contribution >= 0.6 is 0 Å². The quantitative estimate of drug-likeness (QED) is 0.716. The average Bonchev–Trinajstić information content (AvgIpc) is 3.39. The zero-order chi connectivity index (χ0) is 14.5. The van der Waals surface area contributed by atoms with Crippen LogP contribution < -0.4 is 10.1 Å². The summed E-state index contributed by atoms with van der Waals surface area (Å²) in [5.41, 5.74) is 1.32. The normalized spacial score (nSPS) is 18.2. The number of benzene rings is 1. The molecule has 1 N–H and O–H groups in total. The van der Waals surface area contributed by atoms with E-state index in [1.54, 1.807) is 0 Å². The van der Waals surface area contributed by atoms with E-state index < -0.39 is 0 Å². The number of rotatable bonds is 10. The number of ether oxygens (including phenoxy) is 1. The molecular weight excluding hydrogens is 260 g/mol. The van der Waals surface area contributed by atoms with Crippen LogP contribution in [0.4, 0.5) is 0 Å². The van der Waals surface area contributed by atoms with Gasteiger partial charge in [0.05, 0.1) is 0 Å². The number of nitrogens with zero attached hydrogens (tertiary/aromatic N) is 1. The minimum atomic E-state index is 0.759. The minimum absolute atomic E-state index is 0.759. The van der Waals surface area contributed by atoms with Gasteiger partial charge in [-0.25, -0.2) is 0 Å². The van der Waals surface area contributed by atoms with Crippen molar-refractivity contribution < 1.29 is 4.74 Å². The summed E-state index contributed by atoms with van der Waals surface area (Å²) in [6, 6.07) is 9.27. The topological polar surface area (TPSA) is 24.5 Å². The molecule has 0 unspecified atom stereocenters. The van der Waals surface area contributed by atoms with Gasteiger partial charge in [0.1, 0.15) is 12.4 Å². The third-order valence-corrected chi connectivity index (χ3v) is 4.41. The van der Waals surface area contributed by atoms with E-state index >= 15 is 0 Å². The van der Waals surface area contributed by atoms with Crippen LogP contribution in [-0.2, 0) is 6.54 Å². The highest BCUT2D eigenvalue weighted by atomic mass is 16.5. The molecule has 0 saturated heterocycles. The maximum atomic E-state index is 5.93. The van der Waals surface area contributed by atoms with Crippen molar-refractivity contribution in [3.05, 3.63) is 29.8 Å². The van der Waals surface area contributed by atoms with Crippen LogP contribution in [0.2, 0.25) is 0 Å². The van der Waals surface area contributed by atoms with Gasteiger partial charge in [-0.2, -0.15) is 0 Å². The molecule has 2 aliphatic rings. The molecule has 2 aliphatic carbocycles. The molecule has 0 heterocycles. The lowest BCUT2D eigenvalue weighted by Crippen LogP contribution is -2.30. The van der Waals surface area contributed by atoms with Crippen molar-refractivity contribution in [3.8, 4) is 5.75 Å². The summed E-state index contributed by atoms with van der Waals surface area (Å²) in [4.78, 5) is 2.51. The van der Waals surface area contributed by atoms with E-state index in [0.29, 0.717) is 0 Å². The van der Waals surface area contributed by atoms with Crippen LogP contribution in [0.15, 0.2) is 24.3 Å². The van der Waals surface area contributed by atoms with Gasteiger partial charge in [-0.3, -0.25) is 4.90 Å². The Balaban J connectivity index is 1.39. The molecule has 0 radical (unpaired) electrons. The van der Waals surface area contributed by atoms with Gasteiger partial charge >= 0.3 is 0 Å². The van der Waals surface area contributed by atoms with Gasteiger partial charge in [-0.1, -0.05) is 19.1 Å². The fourth-order valence-electron chi connectivity index (χ4n) is 2.63. The third kappa shape index (κ3) is 5.33. The third-order valence-electron chi connectivity index (χ3n) is 4.41. The van der Waals surface area contributed by atoms with E-state index in [-0.39, 0.29) is 0 Å². The first-order chi connectivity index (χ1) is 10.3. The van der Waals surface area contributed by atoms with Crippen LogP contribution in [0.25, 0.3) is 0 Å². The Morgan fingerprint density at radius 1 is 1.24 bits per heavy atom. The summed E-state index contributed by atoms with van der Waals surface area (Å²) in [5, 5.41) is 3.55. The summed E-state index contributed by atoms with van der Waals surface area (Å²) < 4.78 is 5.93. The van der Waals surface area contributed by atoms with Gasteiger partial charge < -0.3 is 10.1 Å². The first-order valence-corrected chi connectivity index (χ1v) is 8.51. The highest BCUT2D eigenvalue weighted by Gasteiger charge is 2.23. The predicted octanol–water partition coefficient (Wildman–Crippen LogP) is 3.05. The second-order valence-electron chi connectivity index (χ2n) is 6.49. The van der Waals surface area contributed by atoms with Gasteiger partial charge in [0, 0.05) is 25.7 Å². The number of likely N-dealkylation sites (N-methyl/N-ethyl adjacent to an activating group) is 1. The molecule has 0 bridgehead atoms. The van der Waals surface area contributed by atoms with Gasteiger partial charge in [0.25, 0.3) is 0 Å². The molecule has 21 heavy (non-hydrogen) atoms. The molecule has 1 aromatic carbocycles. The first kappa shape index (κ1) is 14.9. The van der Waals surface area contributed by atoms with E-state index in [1.165, 1.54) is 37.8 Å². The van der Waals surface area contributed by atoms with Crippen LogP contribution in [0.1, 0.15) is 38.2 Å². The molecule has 0 aliphatic heterocycles. The van der Waals surface area contributed by atoms with E-state index in [2.05, 4.69) is 41.4 Å². The van der Waals surface area contributed by atoms with E-state index in [9.17, 15) is 0 Å². The maximum absolute atomic E-state index is 5.93. The molecule has 0 aromatic heterocycles. The standard InChI is InChI=1S/C18H28N2O/c1-2-20(14-15-6-7-15)10-11-21-18-5-3-4-16(12-18)13-19-17-8-9-17/h3-5,12,15,17,19H,2,6-11,13-14H2,1H3. The van der Waals surface area contributed by atoms with Gasteiger partial charge in [-0.05, 0) is 55.8 Å². The van der Waals surface area contributed by atoms with E-state index in [1.807, 2.05) is 0 Å². The molecular formula is C18H28N2O. The molecule has 0 amide bonds. The zero-order valence-electron chi connectivity index (χ0n) is 13.2. The summed E-state index contributed by atoms with van der Waals surface area (Å²) in [6.07, 6.45) is 5.52. The van der Waals surface area contributed by atoms with Crippen molar-refractivity contribution in [1.29, 1.82) is 0 Å². The Hall–Kier alpha value is -1.06. The lowest BCUT2D eigenvalue weighted by Gasteiger charge is -2.20. The second kappa shape index (κ2) is 7.28. The Bertz CT molecular complexity index is 441. The maximum Gasteiger partial charge on any atom is 0.119 e. The zero-order valence-corrected chi connectivity index (χ0v) is 13.2. The van der Waals surface area contributed by atoms with Crippen molar-refractivity contribution >= 4 is 0 Å². The molecule has 116 valence electrons. The number of nitrogens with one attached hydrogen (secondary N) is 1. The summed E-state index contributed by atoms with van der Waals surface area (Å²) in [6.45, 7) is 7.42. The predicted molar refractivity (Wildman–Crippen MR) is 86.6 cm³/mol. The van der Waals surface area contributed by atoms with Gasteiger partial charge in [-0.15, -0.1) is 0 Å². The Labute approximate surface area is 128 Å². The van der Waals surface area contributed by atoms with E-state index in [0.717, 1.165) is 44.0 Å². The lowest BCUT2D eigenvalue weighted by atomic mass is 10.2. The van der Waals surface area contributed by atoms with Crippen molar-refractivity contribution in [2.45, 2.75) is 45.2 Å². The van der Waals surface area contributed by atoms with Crippen LogP contribution in [0.3, 0.4) is 0 Å². The lowest BCUT2D eigenvalue weighted by molar-refractivity contribution is 0.210. The van der Waals surface area contributed by atoms with Crippen molar-refractivity contribution in [1.82, 2.24) is 10.2 Å². The molecule has 0 spiro atoms. The summed E-state index contributed by atoms with van der Waals surface area (Å²) >= 11 is 0.